The summed E-state index contributed by atoms with van der Waals surface area (Å²) in [6.07, 6.45) is 0. The Bertz CT molecular complexity index is 592. The second-order valence-electron chi connectivity index (χ2n) is 3.61. The maximum absolute atomic E-state index is 12.0. The molecule has 1 aromatic heterocycles. The van der Waals surface area contributed by atoms with Crippen molar-refractivity contribution in [2.24, 2.45) is 0 Å². The molecule has 0 amide bonds. The molecular formula is C12H11NO3. The van der Waals surface area contributed by atoms with E-state index in [1.165, 1.54) is 6.07 Å². The van der Waals surface area contributed by atoms with Gasteiger partial charge >= 0.3 is 5.63 Å². The summed E-state index contributed by atoms with van der Waals surface area (Å²) in [4.78, 5) is 23.0. The molecule has 0 radical (unpaired) electrons. The standard InChI is InChI=1S/C12H11NO3/c1-8-5-3-4-6-10(8)12(15)13-9(2)7-11(14)16-13/h3-7H,1-2H3. The van der Waals surface area contributed by atoms with E-state index in [1.807, 2.05) is 19.1 Å². The molecule has 1 heterocycles. The highest BCUT2D eigenvalue weighted by Crippen LogP contribution is 2.10. The van der Waals surface area contributed by atoms with Crippen molar-refractivity contribution in [2.45, 2.75) is 13.8 Å². The molecule has 0 fully saturated rings. The predicted molar refractivity (Wildman–Crippen MR) is 58.6 cm³/mol. The summed E-state index contributed by atoms with van der Waals surface area (Å²) in [7, 11) is 0. The fourth-order valence-electron chi connectivity index (χ4n) is 1.54. The Hall–Kier alpha value is -2.10. The fraction of sp³-hybridized carbons (Fsp3) is 0.167. The summed E-state index contributed by atoms with van der Waals surface area (Å²) in [5.41, 5.74) is 1.37. The van der Waals surface area contributed by atoms with Crippen LogP contribution in [0.1, 0.15) is 21.6 Å². The van der Waals surface area contributed by atoms with E-state index in [2.05, 4.69) is 0 Å². The Morgan fingerprint density at radius 1 is 1.25 bits per heavy atom. The summed E-state index contributed by atoms with van der Waals surface area (Å²) in [6, 6.07) is 8.46. The van der Waals surface area contributed by atoms with Crippen molar-refractivity contribution in [3.63, 3.8) is 0 Å². The number of hydrogen-bond donors (Lipinski definition) is 0. The highest BCUT2D eigenvalue weighted by Gasteiger charge is 2.15. The maximum atomic E-state index is 12.0. The van der Waals surface area contributed by atoms with Gasteiger partial charge in [-0.3, -0.25) is 4.79 Å². The van der Waals surface area contributed by atoms with E-state index >= 15 is 0 Å². The monoisotopic (exact) mass is 217 g/mol. The van der Waals surface area contributed by atoms with Crippen LogP contribution >= 0.6 is 0 Å². The third-order valence-electron chi connectivity index (χ3n) is 2.39. The van der Waals surface area contributed by atoms with Gasteiger partial charge in [0.1, 0.15) is 0 Å². The van der Waals surface area contributed by atoms with Crippen molar-refractivity contribution in [3.05, 3.63) is 57.6 Å². The second-order valence-corrected chi connectivity index (χ2v) is 3.61. The van der Waals surface area contributed by atoms with Gasteiger partial charge in [-0.1, -0.05) is 18.2 Å². The molecule has 0 aliphatic rings. The van der Waals surface area contributed by atoms with Gasteiger partial charge in [-0.15, -0.1) is 4.74 Å². The Balaban J connectivity index is 2.51. The lowest BCUT2D eigenvalue weighted by atomic mass is 10.1. The topological polar surface area (TPSA) is 52.2 Å². The Morgan fingerprint density at radius 2 is 1.94 bits per heavy atom. The van der Waals surface area contributed by atoms with Gasteiger partial charge in [0, 0.05) is 11.6 Å². The van der Waals surface area contributed by atoms with Crippen LogP contribution < -0.4 is 5.63 Å². The van der Waals surface area contributed by atoms with Crippen LogP contribution in [0.25, 0.3) is 0 Å². The number of aryl methyl sites for hydroxylation is 2. The first-order valence-electron chi connectivity index (χ1n) is 4.90. The third-order valence-corrected chi connectivity index (χ3v) is 2.39. The molecule has 2 aromatic rings. The van der Waals surface area contributed by atoms with Crippen LogP contribution in [0.3, 0.4) is 0 Å². The molecule has 4 heteroatoms. The number of hydrogen-bond acceptors (Lipinski definition) is 3. The highest BCUT2D eigenvalue weighted by atomic mass is 16.5. The summed E-state index contributed by atoms with van der Waals surface area (Å²) in [5.74, 6) is -0.322. The van der Waals surface area contributed by atoms with Gasteiger partial charge in [0.05, 0.1) is 5.69 Å². The first kappa shape index (κ1) is 10.4. The van der Waals surface area contributed by atoms with E-state index in [4.69, 9.17) is 4.52 Å². The SMILES string of the molecule is Cc1ccccc1C(=O)n1oc(=O)cc1C. The van der Waals surface area contributed by atoms with Crippen LogP contribution in [-0.4, -0.2) is 10.6 Å². The molecule has 16 heavy (non-hydrogen) atoms. The van der Waals surface area contributed by atoms with Crippen molar-refractivity contribution in [3.8, 4) is 0 Å². The molecule has 82 valence electrons. The van der Waals surface area contributed by atoms with Crippen LogP contribution in [-0.2, 0) is 0 Å². The van der Waals surface area contributed by atoms with Gasteiger partial charge in [0.15, 0.2) is 0 Å². The molecule has 4 nitrogen and oxygen atoms in total. The maximum Gasteiger partial charge on any atom is 0.358 e. The molecule has 0 unspecified atom stereocenters. The van der Waals surface area contributed by atoms with E-state index < -0.39 is 5.63 Å². The summed E-state index contributed by atoms with van der Waals surface area (Å²) in [6.45, 7) is 3.49. The number of rotatable bonds is 1. The average Bonchev–Trinajstić information content (AvgIpc) is 2.58. The number of nitrogens with zero attached hydrogens (tertiary/aromatic N) is 1. The third kappa shape index (κ3) is 1.69. The van der Waals surface area contributed by atoms with E-state index in [9.17, 15) is 9.59 Å². The quantitative estimate of drug-likeness (QED) is 0.731. The molecular weight excluding hydrogens is 206 g/mol. The van der Waals surface area contributed by atoms with Gasteiger partial charge in [-0.25, -0.2) is 4.79 Å². The van der Waals surface area contributed by atoms with Crippen molar-refractivity contribution in [1.29, 1.82) is 0 Å². The molecule has 0 bridgehead atoms. The average molecular weight is 217 g/mol. The zero-order valence-electron chi connectivity index (χ0n) is 9.06. The lowest BCUT2D eigenvalue weighted by Gasteiger charge is -2.04. The van der Waals surface area contributed by atoms with Crippen molar-refractivity contribution in [2.75, 3.05) is 0 Å². The number of carbonyl (C=O) groups is 1. The lowest BCUT2D eigenvalue weighted by Crippen LogP contribution is -2.14. The second kappa shape index (κ2) is 3.81. The largest absolute Gasteiger partial charge is 0.358 e. The Morgan fingerprint density at radius 3 is 2.50 bits per heavy atom. The first-order valence-corrected chi connectivity index (χ1v) is 4.90. The molecule has 0 saturated carbocycles. The minimum atomic E-state index is -0.514. The zero-order valence-corrected chi connectivity index (χ0v) is 9.06. The predicted octanol–water partition coefficient (Wildman–Crippen LogP) is 1.75. The Kier molecular flexibility index (Phi) is 2.48. The van der Waals surface area contributed by atoms with Gasteiger partial charge in [-0.05, 0) is 25.5 Å². The van der Waals surface area contributed by atoms with E-state index in [0.717, 1.165) is 10.3 Å². The smallest absolute Gasteiger partial charge is 0.328 e. The minimum absolute atomic E-state index is 0.322. The molecule has 0 spiro atoms. The minimum Gasteiger partial charge on any atom is -0.328 e. The summed E-state index contributed by atoms with van der Waals surface area (Å²) in [5, 5.41) is 0. The van der Waals surface area contributed by atoms with Crippen LogP contribution in [0.5, 0.6) is 0 Å². The highest BCUT2D eigenvalue weighted by molar-refractivity contribution is 5.96. The van der Waals surface area contributed by atoms with Crippen molar-refractivity contribution in [1.82, 2.24) is 4.74 Å². The number of aromatic nitrogens is 1. The van der Waals surface area contributed by atoms with E-state index in [1.54, 1.807) is 19.1 Å². The zero-order chi connectivity index (χ0) is 11.7. The molecule has 1 aromatic carbocycles. The molecule has 0 atom stereocenters. The number of carbonyl (C=O) groups excluding carboxylic acids is 1. The summed E-state index contributed by atoms with van der Waals surface area (Å²) >= 11 is 0. The molecule has 0 aliphatic heterocycles. The summed E-state index contributed by atoms with van der Waals surface area (Å²) < 4.78 is 5.82. The normalized spacial score (nSPS) is 10.4. The van der Waals surface area contributed by atoms with Gasteiger partial charge in [0.2, 0.25) is 0 Å². The van der Waals surface area contributed by atoms with Crippen molar-refractivity contribution >= 4 is 5.91 Å². The lowest BCUT2D eigenvalue weighted by molar-refractivity contribution is 0.0833. The molecule has 2 rings (SSSR count). The molecule has 0 saturated heterocycles. The van der Waals surface area contributed by atoms with Gasteiger partial charge in [0.25, 0.3) is 5.91 Å². The van der Waals surface area contributed by atoms with Crippen LogP contribution in [0.4, 0.5) is 0 Å². The van der Waals surface area contributed by atoms with Gasteiger partial charge < -0.3 is 4.52 Å². The Labute approximate surface area is 92.1 Å². The van der Waals surface area contributed by atoms with E-state index in [0.29, 0.717) is 11.3 Å². The first-order chi connectivity index (χ1) is 7.59. The van der Waals surface area contributed by atoms with E-state index in [-0.39, 0.29) is 5.91 Å². The fourth-order valence-corrected chi connectivity index (χ4v) is 1.54. The van der Waals surface area contributed by atoms with Crippen LogP contribution in [0.2, 0.25) is 0 Å². The molecule has 0 aliphatic carbocycles. The van der Waals surface area contributed by atoms with Crippen LogP contribution in [0.15, 0.2) is 39.6 Å². The van der Waals surface area contributed by atoms with Crippen LogP contribution in [0, 0.1) is 13.8 Å². The number of benzene rings is 1. The van der Waals surface area contributed by atoms with Crippen molar-refractivity contribution < 1.29 is 9.32 Å². The van der Waals surface area contributed by atoms with Gasteiger partial charge in [-0.2, -0.15) is 0 Å². The molecule has 0 N–H and O–H groups in total.